The smallest absolute Gasteiger partial charge is 0.325 e. The first-order valence-corrected chi connectivity index (χ1v) is 10.5. The second-order valence-corrected chi connectivity index (χ2v) is 8.32. The van der Waals surface area contributed by atoms with Crippen LogP contribution in [0, 0.1) is 0 Å². The number of esters is 1. The normalized spacial score (nSPS) is 18.6. The molecule has 0 bridgehead atoms. The van der Waals surface area contributed by atoms with Crippen LogP contribution in [0.3, 0.4) is 0 Å². The van der Waals surface area contributed by atoms with Crippen LogP contribution < -0.4 is 10.6 Å². The zero-order chi connectivity index (χ0) is 21.9. The molecule has 2 aliphatic rings. The van der Waals surface area contributed by atoms with Gasteiger partial charge in [-0.3, -0.25) is 19.3 Å². The van der Waals surface area contributed by atoms with E-state index in [9.17, 15) is 19.2 Å². The Morgan fingerprint density at radius 3 is 2.37 bits per heavy atom. The molecule has 0 aromatic heterocycles. The second kappa shape index (κ2) is 8.85. The number of ether oxygens (including phenoxy) is 1. The van der Waals surface area contributed by atoms with Crippen LogP contribution in [0.2, 0.25) is 0 Å². The fourth-order valence-corrected chi connectivity index (χ4v) is 3.90. The van der Waals surface area contributed by atoms with Gasteiger partial charge >= 0.3 is 12.0 Å². The molecule has 3 rings (SSSR count). The molecular formula is C22H29N3O5. The van der Waals surface area contributed by atoms with Crippen LogP contribution in [0.4, 0.5) is 10.5 Å². The number of amides is 4. The lowest BCUT2D eigenvalue weighted by Crippen LogP contribution is -2.44. The maximum Gasteiger partial charge on any atom is 0.325 e. The molecule has 1 spiro atoms. The Morgan fingerprint density at radius 2 is 1.77 bits per heavy atom. The highest BCUT2D eigenvalue weighted by Gasteiger charge is 2.52. The van der Waals surface area contributed by atoms with Gasteiger partial charge in [0.2, 0.25) is 0 Å². The summed E-state index contributed by atoms with van der Waals surface area (Å²) in [4.78, 5) is 50.2. The average Bonchev–Trinajstić information content (AvgIpc) is 3.26. The predicted octanol–water partition coefficient (Wildman–Crippen LogP) is 2.93. The number of imide groups is 1. The third-order valence-electron chi connectivity index (χ3n) is 5.76. The standard InChI is InChI=1S/C22H29N3O5/c1-14(2)16-6-8-17(9-7-16)23-19(27)15(3)30-18(26)10-13-25-20(28)22(24-21(25)29)11-4-5-12-22/h6-9,14-15H,4-5,10-13H2,1-3H3,(H,23,27)(H,24,29)/t15-/m1/s1. The molecule has 30 heavy (non-hydrogen) atoms. The molecular weight excluding hydrogens is 386 g/mol. The molecule has 1 atom stereocenters. The van der Waals surface area contributed by atoms with Crippen molar-refractivity contribution in [1.82, 2.24) is 10.2 Å². The molecule has 162 valence electrons. The molecule has 0 unspecified atom stereocenters. The van der Waals surface area contributed by atoms with Crippen molar-refractivity contribution in [3.8, 4) is 0 Å². The van der Waals surface area contributed by atoms with E-state index in [1.807, 2.05) is 12.1 Å². The summed E-state index contributed by atoms with van der Waals surface area (Å²) < 4.78 is 5.17. The number of carbonyl (C=O) groups is 4. The van der Waals surface area contributed by atoms with E-state index in [1.165, 1.54) is 6.92 Å². The number of nitrogens with one attached hydrogen (secondary N) is 2. The van der Waals surface area contributed by atoms with Crippen LogP contribution in [0.15, 0.2) is 24.3 Å². The first-order chi connectivity index (χ1) is 14.2. The topological polar surface area (TPSA) is 105 Å². The van der Waals surface area contributed by atoms with E-state index in [0.717, 1.165) is 23.3 Å². The minimum Gasteiger partial charge on any atom is -0.452 e. The summed E-state index contributed by atoms with van der Waals surface area (Å²) in [5, 5.41) is 5.48. The Bertz CT molecular complexity index is 828. The molecule has 1 saturated heterocycles. The Hall–Kier alpha value is -2.90. The van der Waals surface area contributed by atoms with Crippen LogP contribution in [-0.4, -0.2) is 46.9 Å². The van der Waals surface area contributed by atoms with Gasteiger partial charge in [-0.05, 0) is 43.4 Å². The number of anilines is 1. The van der Waals surface area contributed by atoms with E-state index >= 15 is 0 Å². The van der Waals surface area contributed by atoms with E-state index in [0.29, 0.717) is 24.4 Å². The highest BCUT2D eigenvalue weighted by Crippen LogP contribution is 2.35. The summed E-state index contributed by atoms with van der Waals surface area (Å²) in [6.45, 7) is 5.59. The molecule has 2 N–H and O–H groups in total. The molecule has 4 amide bonds. The quantitative estimate of drug-likeness (QED) is 0.526. The molecule has 2 fully saturated rings. The van der Waals surface area contributed by atoms with Crippen molar-refractivity contribution in [2.75, 3.05) is 11.9 Å². The average molecular weight is 415 g/mol. The van der Waals surface area contributed by atoms with Crippen molar-refractivity contribution in [2.45, 2.75) is 70.4 Å². The van der Waals surface area contributed by atoms with Crippen molar-refractivity contribution in [1.29, 1.82) is 0 Å². The SMILES string of the molecule is CC(C)c1ccc(NC(=O)[C@@H](C)OC(=O)CCN2C(=O)NC3(CCCC3)C2=O)cc1. The predicted molar refractivity (Wildman–Crippen MR) is 111 cm³/mol. The molecule has 8 nitrogen and oxygen atoms in total. The first kappa shape index (κ1) is 21.8. The van der Waals surface area contributed by atoms with Gasteiger partial charge in [0, 0.05) is 12.2 Å². The van der Waals surface area contributed by atoms with Gasteiger partial charge in [-0.25, -0.2) is 4.79 Å². The Morgan fingerprint density at radius 1 is 1.13 bits per heavy atom. The summed E-state index contributed by atoms with van der Waals surface area (Å²) in [5.74, 6) is -0.961. The van der Waals surface area contributed by atoms with Crippen molar-refractivity contribution >= 4 is 29.5 Å². The summed E-state index contributed by atoms with van der Waals surface area (Å²) in [5.41, 5.74) is 0.986. The van der Waals surface area contributed by atoms with E-state index in [1.54, 1.807) is 12.1 Å². The summed E-state index contributed by atoms with van der Waals surface area (Å²) in [7, 11) is 0. The van der Waals surface area contributed by atoms with Crippen LogP contribution in [0.5, 0.6) is 0 Å². The Kier molecular flexibility index (Phi) is 6.43. The monoisotopic (exact) mass is 415 g/mol. The molecule has 1 heterocycles. The minimum absolute atomic E-state index is 0.0593. The molecule has 1 saturated carbocycles. The maximum atomic E-state index is 12.6. The van der Waals surface area contributed by atoms with E-state index in [-0.39, 0.29) is 18.9 Å². The zero-order valence-electron chi connectivity index (χ0n) is 17.7. The molecule has 0 radical (unpaired) electrons. The lowest BCUT2D eigenvalue weighted by Gasteiger charge is -2.20. The number of rotatable bonds is 7. The van der Waals surface area contributed by atoms with Gasteiger partial charge in [-0.2, -0.15) is 0 Å². The molecule has 1 aliphatic heterocycles. The van der Waals surface area contributed by atoms with Gasteiger partial charge in [0.15, 0.2) is 6.10 Å². The number of hydrogen-bond acceptors (Lipinski definition) is 5. The zero-order valence-corrected chi connectivity index (χ0v) is 17.7. The van der Waals surface area contributed by atoms with Crippen LogP contribution >= 0.6 is 0 Å². The fraction of sp³-hybridized carbons (Fsp3) is 0.545. The number of carbonyl (C=O) groups excluding carboxylic acids is 4. The maximum absolute atomic E-state index is 12.6. The van der Waals surface area contributed by atoms with Crippen LogP contribution in [-0.2, 0) is 19.1 Å². The van der Waals surface area contributed by atoms with E-state index < -0.39 is 29.6 Å². The van der Waals surface area contributed by atoms with Gasteiger partial charge in [0.05, 0.1) is 6.42 Å². The molecule has 1 aliphatic carbocycles. The minimum atomic E-state index is -0.994. The largest absolute Gasteiger partial charge is 0.452 e. The highest BCUT2D eigenvalue weighted by molar-refractivity contribution is 6.07. The number of nitrogens with zero attached hydrogens (tertiary/aromatic N) is 1. The molecule has 1 aromatic rings. The second-order valence-electron chi connectivity index (χ2n) is 8.32. The van der Waals surface area contributed by atoms with E-state index in [4.69, 9.17) is 4.74 Å². The van der Waals surface area contributed by atoms with Gasteiger partial charge < -0.3 is 15.4 Å². The fourth-order valence-electron chi connectivity index (χ4n) is 3.90. The Labute approximate surface area is 176 Å². The number of hydrogen-bond donors (Lipinski definition) is 2. The summed E-state index contributed by atoms with van der Waals surface area (Å²) in [6.07, 6.45) is 1.91. The van der Waals surface area contributed by atoms with Gasteiger partial charge in [-0.1, -0.05) is 38.8 Å². The van der Waals surface area contributed by atoms with Gasteiger partial charge in [0.25, 0.3) is 11.8 Å². The highest BCUT2D eigenvalue weighted by atomic mass is 16.5. The number of urea groups is 1. The van der Waals surface area contributed by atoms with Crippen molar-refractivity contribution in [3.63, 3.8) is 0 Å². The Balaban J connectivity index is 1.46. The summed E-state index contributed by atoms with van der Waals surface area (Å²) >= 11 is 0. The van der Waals surface area contributed by atoms with Crippen molar-refractivity contribution in [3.05, 3.63) is 29.8 Å². The van der Waals surface area contributed by atoms with Crippen molar-refractivity contribution in [2.24, 2.45) is 0 Å². The number of benzene rings is 1. The third kappa shape index (κ3) is 4.63. The molecule has 8 heteroatoms. The van der Waals surface area contributed by atoms with Gasteiger partial charge in [-0.15, -0.1) is 0 Å². The van der Waals surface area contributed by atoms with Crippen LogP contribution in [0.1, 0.15) is 64.4 Å². The lowest BCUT2D eigenvalue weighted by atomic mass is 9.98. The van der Waals surface area contributed by atoms with Crippen LogP contribution in [0.25, 0.3) is 0 Å². The lowest BCUT2D eigenvalue weighted by molar-refractivity contribution is -0.153. The third-order valence-corrected chi connectivity index (χ3v) is 5.76. The van der Waals surface area contributed by atoms with Gasteiger partial charge in [0.1, 0.15) is 5.54 Å². The molecule has 1 aromatic carbocycles. The summed E-state index contributed by atoms with van der Waals surface area (Å²) in [6, 6.07) is 7.01. The van der Waals surface area contributed by atoms with E-state index in [2.05, 4.69) is 24.5 Å². The van der Waals surface area contributed by atoms with Crippen molar-refractivity contribution < 1.29 is 23.9 Å². The first-order valence-electron chi connectivity index (χ1n) is 10.5.